The van der Waals surface area contributed by atoms with E-state index in [2.05, 4.69) is 85.4 Å². The standard InChI is InChI=1S/C22H22F2N4O2S.C20H36N4O9.C5H12.2C3H8.C2H6.CH5N/c1-31(29)13-14-8-16-11-17(9-14)30-7-3-2-6-25-20-10-15(4-5-18(20)23)21-19(24)12-26-22(27-16)28-21;1-2-6-24(15-18(27)22-5-7-25)20(30)16(14-19(28)29)23-17(26)3-8-31-10-12-33-13-11-32-9-4-21;1-4-5(2)3;2*1-3-2;2*1-2/h4-5,8-12,25H,2-3,6-7,13H2,1H3,(H,26,27,28);7,16H,2-6,8-15,21H2,1H3,(H,22,27)(H,23,26)(H,28,29);5H,4H2,1-3H3;2*3H2,1-2H3;1-2H3;2H2,1H3/t;16-;;;;;/m.0...../s1. The average molecular weight is 1140 g/mol. The molecular formula is C56H97F2N9O11S. The number of rotatable bonds is 24. The highest BCUT2D eigenvalue weighted by Crippen LogP contribution is 2.29. The Labute approximate surface area is 472 Å². The van der Waals surface area contributed by atoms with Crippen LogP contribution in [0.4, 0.5) is 26.1 Å². The van der Waals surface area contributed by atoms with Gasteiger partial charge in [-0.2, -0.15) is 0 Å². The zero-order valence-electron chi connectivity index (χ0n) is 49.3. The van der Waals surface area contributed by atoms with Crippen molar-refractivity contribution in [3.05, 3.63) is 59.8 Å². The quantitative estimate of drug-likeness (QED) is 0.0330. The summed E-state index contributed by atoms with van der Waals surface area (Å²) < 4.78 is 62.0. The molecule has 0 aliphatic carbocycles. The second kappa shape index (κ2) is 51.7. The van der Waals surface area contributed by atoms with Crippen LogP contribution in [0.15, 0.2) is 42.6 Å². The zero-order chi connectivity index (χ0) is 60.4. The third-order valence-corrected chi connectivity index (χ3v) is 10.3. The molecule has 0 spiro atoms. The summed E-state index contributed by atoms with van der Waals surface area (Å²) in [5, 5.41) is 20.0. The first-order valence-electron chi connectivity index (χ1n) is 27.3. The van der Waals surface area contributed by atoms with E-state index in [0.29, 0.717) is 87.3 Å². The van der Waals surface area contributed by atoms with Crippen LogP contribution < -0.4 is 37.5 Å². The second-order valence-corrected chi connectivity index (χ2v) is 18.8. The average Bonchev–Trinajstić information content (AvgIpc) is 3.41. The molecule has 0 fully saturated rings. The van der Waals surface area contributed by atoms with Crippen LogP contribution in [0.25, 0.3) is 11.3 Å². The summed E-state index contributed by atoms with van der Waals surface area (Å²) in [5.74, 6) is -2.04. The molecule has 1 aromatic heterocycles. The van der Waals surface area contributed by atoms with Crippen LogP contribution in [0, 0.1) is 17.6 Å². The summed E-state index contributed by atoms with van der Waals surface area (Å²) >= 11 is 0. The normalized spacial score (nSPS) is 11.8. The van der Waals surface area contributed by atoms with Crippen molar-refractivity contribution in [1.82, 2.24) is 25.5 Å². The molecule has 0 radical (unpaired) electrons. The molecule has 3 amide bonds. The van der Waals surface area contributed by atoms with Gasteiger partial charge in [-0.15, -0.1) is 0 Å². The van der Waals surface area contributed by atoms with E-state index in [1.165, 1.54) is 38.4 Å². The van der Waals surface area contributed by atoms with Gasteiger partial charge in [0.05, 0.1) is 77.6 Å². The van der Waals surface area contributed by atoms with E-state index < -0.39 is 58.6 Å². The number of amides is 3. The number of nitrogens with zero attached hydrogens (tertiary/aromatic N) is 3. The molecule has 1 aliphatic rings. The lowest BCUT2D eigenvalue weighted by Crippen LogP contribution is -2.52. The maximum atomic E-state index is 14.5. The Kier molecular flexibility index (Phi) is 50.7. The Morgan fingerprint density at radius 2 is 1.51 bits per heavy atom. The minimum Gasteiger partial charge on any atom is -0.494 e. The number of carbonyl (C=O) groups is 5. The lowest BCUT2D eigenvalue weighted by Gasteiger charge is -2.26. The number of benzene rings is 2. The van der Waals surface area contributed by atoms with Crippen LogP contribution in [0.2, 0.25) is 0 Å². The fourth-order valence-electron chi connectivity index (χ4n) is 5.91. The van der Waals surface area contributed by atoms with Crippen molar-refractivity contribution in [2.24, 2.45) is 17.4 Å². The number of ether oxygens (including phenoxy) is 4. The van der Waals surface area contributed by atoms with Gasteiger partial charge in [0.2, 0.25) is 23.7 Å². The summed E-state index contributed by atoms with van der Waals surface area (Å²) in [6.07, 6.45) is 8.33. The van der Waals surface area contributed by atoms with Crippen molar-refractivity contribution >= 4 is 58.1 Å². The van der Waals surface area contributed by atoms with Gasteiger partial charge in [0, 0.05) is 66.2 Å². The first-order chi connectivity index (χ1) is 37.9. The molecule has 0 saturated carbocycles. The van der Waals surface area contributed by atoms with Crippen molar-refractivity contribution in [3.63, 3.8) is 0 Å². The summed E-state index contributed by atoms with van der Waals surface area (Å²) in [7, 11) is 0.481. The van der Waals surface area contributed by atoms with Crippen molar-refractivity contribution in [2.45, 2.75) is 132 Å². The van der Waals surface area contributed by atoms with Crippen LogP contribution >= 0.6 is 0 Å². The van der Waals surface area contributed by atoms with Gasteiger partial charge in [0.15, 0.2) is 5.82 Å². The van der Waals surface area contributed by atoms with Gasteiger partial charge >= 0.3 is 5.97 Å². The smallest absolute Gasteiger partial charge is 0.305 e. The van der Waals surface area contributed by atoms with Gasteiger partial charge in [0.1, 0.15) is 29.6 Å². The summed E-state index contributed by atoms with van der Waals surface area (Å²) in [5.41, 5.74) is 12.1. The molecule has 9 N–H and O–H groups in total. The highest BCUT2D eigenvalue weighted by Gasteiger charge is 2.29. The van der Waals surface area contributed by atoms with E-state index in [1.807, 2.05) is 26.0 Å². The molecule has 1 unspecified atom stereocenters. The molecule has 2 aromatic carbocycles. The number of aromatic nitrogens is 2. The monoisotopic (exact) mass is 1140 g/mol. The number of carbonyl (C=O) groups excluding carboxylic acids is 4. The number of anilines is 3. The molecule has 23 heteroatoms. The predicted octanol–water partition coefficient (Wildman–Crippen LogP) is 8.01. The number of aldehydes is 1. The maximum Gasteiger partial charge on any atom is 0.305 e. The van der Waals surface area contributed by atoms with Crippen LogP contribution in [0.5, 0.6) is 5.75 Å². The summed E-state index contributed by atoms with van der Waals surface area (Å²) in [6.45, 7) is 23.9. The van der Waals surface area contributed by atoms with Crippen molar-refractivity contribution in [1.29, 1.82) is 0 Å². The Hall–Kier alpha value is -5.72. The second-order valence-electron chi connectivity index (χ2n) is 17.3. The van der Waals surface area contributed by atoms with Gasteiger partial charge in [0.25, 0.3) is 0 Å². The fraction of sp³-hybridized carbons (Fsp3) is 0.625. The molecule has 3 aromatic rings. The highest BCUT2D eigenvalue weighted by molar-refractivity contribution is 7.83. The van der Waals surface area contributed by atoms with Gasteiger partial charge in [-0.05, 0) is 68.1 Å². The molecule has 452 valence electrons. The number of hydrogen-bond donors (Lipinski definition) is 7. The molecule has 20 nitrogen and oxygen atoms in total. The Balaban J connectivity index is -0.00000117. The summed E-state index contributed by atoms with van der Waals surface area (Å²) in [6, 6.07) is 8.48. The third-order valence-electron chi connectivity index (χ3n) is 9.56. The third kappa shape index (κ3) is 40.2. The number of fused-ring (bicyclic) bond motifs is 7. The number of hydrogen-bond acceptors (Lipinski definition) is 16. The van der Waals surface area contributed by atoms with Crippen LogP contribution in [0.1, 0.15) is 126 Å². The Bertz CT molecular complexity index is 2110. The molecular weight excluding hydrogens is 1040 g/mol. The van der Waals surface area contributed by atoms with Gasteiger partial charge in [-0.1, -0.05) is 88.5 Å². The van der Waals surface area contributed by atoms with E-state index in [1.54, 1.807) is 25.3 Å². The largest absolute Gasteiger partial charge is 0.494 e. The topological polar surface area (TPSA) is 289 Å². The number of carboxylic acid groups (broad SMARTS) is 1. The molecule has 6 bridgehead atoms. The van der Waals surface area contributed by atoms with E-state index in [0.717, 1.165) is 35.4 Å². The van der Waals surface area contributed by atoms with Crippen LogP contribution in [-0.2, 0) is 54.7 Å². The first-order valence-corrected chi connectivity index (χ1v) is 29.1. The van der Waals surface area contributed by atoms with Crippen LogP contribution in [0.3, 0.4) is 0 Å². The molecule has 1 aliphatic heterocycles. The number of nitrogens with two attached hydrogens (primary N) is 2. The molecule has 4 rings (SSSR count). The SMILES string of the molecule is CC.CCC.CCC.CCC(C)C.CCCN(CC(=O)NCC=O)C(=O)[C@H](CC(=O)O)NC(=O)CCOCCOCCOCCN.CN.CS(=O)Cc1cc2cc(c1)OCCCCNc1cc(ccc1F)-c1nc(ncc1F)N2. The maximum absolute atomic E-state index is 14.5. The lowest BCUT2D eigenvalue weighted by molar-refractivity contribution is -0.144. The van der Waals surface area contributed by atoms with E-state index in [9.17, 15) is 37.0 Å². The predicted molar refractivity (Wildman–Crippen MR) is 313 cm³/mol. The van der Waals surface area contributed by atoms with Gasteiger partial charge in [-0.25, -0.2) is 18.7 Å². The molecule has 79 heavy (non-hydrogen) atoms. The van der Waals surface area contributed by atoms with Gasteiger partial charge in [-0.3, -0.25) is 23.4 Å². The van der Waals surface area contributed by atoms with E-state index in [-0.39, 0.29) is 50.9 Å². The Morgan fingerprint density at radius 1 is 0.899 bits per heavy atom. The van der Waals surface area contributed by atoms with Gasteiger partial charge < -0.3 is 66.5 Å². The minimum absolute atomic E-state index is 0.0552. The number of carboxylic acids is 1. The Morgan fingerprint density at radius 3 is 2.06 bits per heavy atom. The zero-order valence-corrected chi connectivity index (χ0v) is 50.1. The number of nitrogens with one attached hydrogen (secondary N) is 4. The lowest BCUT2D eigenvalue weighted by atomic mass is 10.1. The number of halogens is 2. The minimum atomic E-state index is -1.34. The first kappa shape index (κ1) is 77.5. The van der Waals surface area contributed by atoms with Crippen molar-refractivity contribution in [3.8, 4) is 17.0 Å². The van der Waals surface area contributed by atoms with Crippen molar-refractivity contribution in [2.75, 3.05) is 103 Å². The number of aliphatic carboxylic acids is 1. The summed E-state index contributed by atoms with van der Waals surface area (Å²) in [4.78, 5) is 67.9. The fourth-order valence-corrected chi connectivity index (χ4v) is 6.55. The molecule has 2 atom stereocenters. The van der Waals surface area contributed by atoms with Crippen LogP contribution in [-0.4, -0.2) is 152 Å². The molecule has 0 saturated heterocycles. The highest BCUT2D eigenvalue weighted by atomic mass is 32.2. The van der Waals surface area contributed by atoms with E-state index in [4.69, 9.17) is 29.8 Å². The van der Waals surface area contributed by atoms with E-state index >= 15 is 0 Å². The van der Waals surface area contributed by atoms with Crippen molar-refractivity contribution < 1.29 is 61.0 Å². The molecule has 2 heterocycles.